The molecule has 0 N–H and O–H groups in total. The Morgan fingerprint density at radius 1 is 0.164 bits per heavy atom. The van der Waals surface area contributed by atoms with Crippen LogP contribution in [0.1, 0.15) is 311 Å². The lowest BCUT2D eigenvalue weighted by Crippen LogP contribution is -2.16. The van der Waals surface area contributed by atoms with Gasteiger partial charge in [0.2, 0.25) is 0 Å². The molecular weight excluding hydrogens is 1540 g/mol. The van der Waals surface area contributed by atoms with Crippen molar-refractivity contribution >= 4 is 34.1 Å². The third kappa shape index (κ3) is 17.3. The van der Waals surface area contributed by atoms with Crippen molar-refractivity contribution in [3.8, 4) is 89.0 Å². The summed E-state index contributed by atoms with van der Waals surface area (Å²) in [4.78, 5) is 4.94. The first-order valence-corrected chi connectivity index (χ1v) is 50.1. The lowest BCUT2D eigenvalue weighted by atomic mass is 9.78. The molecule has 0 atom stereocenters. The van der Waals surface area contributed by atoms with Gasteiger partial charge in [-0.2, -0.15) is 0 Å². The normalized spacial score (nSPS) is 17.8. The third-order valence-electron chi connectivity index (χ3n) is 32.1. The Morgan fingerprint density at radius 3 is 0.742 bits per heavy atom. The first-order chi connectivity index (χ1) is 62.9. The van der Waals surface area contributed by atoms with E-state index >= 15 is 0 Å². The molecule has 0 saturated heterocycles. The van der Waals surface area contributed by atoms with Crippen LogP contribution in [0.4, 0.5) is 34.1 Å². The molecule has 128 heavy (non-hydrogen) atoms. The smallest absolute Gasteiger partial charge is 0.0467 e. The van der Waals surface area contributed by atoms with Crippen molar-refractivity contribution in [2.75, 3.05) is 9.80 Å². The van der Waals surface area contributed by atoms with Gasteiger partial charge in [0.15, 0.2) is 0 Å². The zero-order chi connectivity index (χ0) is 86.1. The minimum absolute atomic E-state index is 0.0801. The van der Waals surface area contributed by atoms with Crippen molar-refractivity contribution in [2.24, 2.45) is 0 Å². The maximum absolute atomic E-state index is 2.62. The fourth-order valence-electron chi connectivity index (χ4n) is 24.7. The molecule has 22 rings (SSSR count). The van der Waals surface area contributed by atoms with E-state index in [1.54, 1.807) is 22.3 Å². The van der Waals surface area contributed by atoms with Crippen molar-refractivity contribution in [1.29, 1.82) is 0 Å². The average molecular weight is 1670 g/mol. The summed E-state index contributed by atoms with van der Waals surface area (Å²) in [5.41, 5.74) is 42.8. The first kappa shape index (κ1) is 83.6. The van der Waals surface area contributed by atoms with Crippen molar-refractivity contribution in [3.05, 3.63) is 371 Å². The van der Waals surface area contributed by atoms with Crippen LogP contribution in [0.15, 0.2) is 315 Å². The maximum Gasteiger partial charge on any atom is 0.0467 e. The van der Waals surface area contributed by atoms with Crippen LogP contribution in [0.25, 0.3) is 89.0 Å². The van der Waals surface area contributed by atoms with Crippen LogP contribution >= 0.6 is 0 Å². The molecule has 0 spiro atoms. The summed E-state index contributed by atoms with van der Waals surface area (Å²) in [7, 11) is 0. The van der Waals surface area contributed by atoms with Gasteiger partial charge in [0.1, 0.15) is 0 Å². The highest BCUT2D eigenvalue weighted by atomic mass is 15.1. The Bertz CT molecular complexity index is 6140. The Morgan fingerprint density at radius 2 is 0.406 bits per heavy atom. The van der Waals surface area contributed by atoms with Crippen LogP contribution in [0.2, 0.25) is 0 Å². The number of benzene rings is 14. The van der Waals surface area contributed by atoms with Crippen molar-refractivity contribution in [1.82, 2.24) is 0 Å². The molecule has 14 aromatic carbocycles. The Hall–Kier alpha value is -11.3. The Kier molecular flexibility index (Phi) is 24.2. The van der Waals surface area contributed by atoms with E-state index in [0.29, 0.717) is 23.7 Å². The van der Waals surface area contributed by atoms with Crippen LogP contribution in [0, 0.1) is 0 Å². The van der Waals surface area contributed by atoms with Gasteiger partial charge in [-0.1, -0.05) is 374 Å². The lowest BCUT2D eigenvalue weighted by molar-refractivity contribution is 0.435. The summed E-state index contributed by atoms with van der Waals surface area (Å²) in [6.45, 7) is 9.53. The highest BCUT2D eigenvalue weighted by molar-refractivity contribution is 5.90. The lowest BCUT2D eigenvalue weighted by Gasteiger charge is -2.28. The summed E-state index contributed by atoms with van der Waals surface area (Å²) in [5, 5.41) is 0. The van der Waals surface area contributed by atoms with Crippen molar-refractivity contribution < 1.29 is 0 Å². The second-order valence-corrected chi connectivity index (χ2v) is 40.9. The van der Waals surface area contributed by atoms with Crippen LogP contribution in [0.5, 0.6) is 0 Å². The monoisotopic (exact) mass is 1670 g/mol. The largest absolute Gasteiger partial charge is 0.310 e. The molecule has 2 nitrogen and oxygen atoms in total. The molecule has 0 heterocycles. The number of nitrogens with zero attached hydrogens (tertiary/aromatic N) is 2. The van der Waals surface area contributed by atoms with E-state index < -0.39 is 0 Å². The molecule has 0 bridgehead atoms. The molecule has 0 radical (unpaired) electrons. The summed E-state index contributed by atoms with van der Waals surface area (Å²) in [6.07, 6.45) is 40.8. The number of rotatable bonds is 18. The van der Waals surface area contributed by atoms with Gasteiger partial charge in [0.05, 0.1) is 0 Å². The fraction of sp³-hybridized carbons (Fsp3) is 0.333. The molecule has 0 aromatic heterocycles. The van der Waals surface area contributed by atoms with Gasteiger partial charge in [0, 0.05) is 45.0 Å². The molecule has 6 fully saturated rings. The zero-order valence-electron chi connectivity index (χ0n) is 76.6. The predicted octanol–water partition coefficient (Wildman–Crippen LogP) is 37.2. The van der Waals surface area contributed by atoms with Gasteiger partial charge in [-0.15, -0.1) is 0 Å². The SMILES string of the molecule is CC1(C)c2ccccc2-c2ccc(N(c3ccc(-c4ccc(C5CCCCC5)cc4)cc3)c3ccc(-c4cccc(-c5cc(C6CCCCC6)cc(C6CCCCC6)c5)c4)cc3)cc21.CC1(C)c2ccccc2-c2ccc(N(c3ccc(-c4ccc(C5CCCCC5)cc4)cc3)c3cccc(-c4cccc(-c5cc(C6CCCCC6)cc(C6CCCCC6)c5)c4)c3)cc21. The quantitative estimate of drug-likeness (QED) is 0.0845. The third-order valence-corrected chi connectivity index (χ3v) is 32.1. The van der Waals surface area contributed by atoms with E-state index in [2.05, 4.69) is 353 Å². The maximum atomic E-state index is 2.62. The zero-order valence-corrected chi connectivity index (χ0v) is 76.6. The van der Waals surface area contributed by atoms with E-state index in [9.17, 15) is 0 Å². The summed E-state index contributed by atoms with van der Waals surface area (Å²) in [6, 6.07) is 123. The highest BCUT2D eigenvalue weighted by Gasteiger charge is 2.38. The van der Waals surface area contributed by atoms with Gasteiger partial charge >= 0.3 is 0 Å². The molecule has 14 aromatic rings. The minimum atomic E-state index is -0.0886. The van der Waals surface area contributed by atoms with Crippen LogP contribution in [-0.4, -0.2) is 0 Å². The number of hydrogen-bond acceptors (Lipinski definition) is 2. The van der Waals surface area contributed by atoms with Gasteiger partial charge in [0.25, 0.3) is 0 Å². The van der Waals surface area contributed by atoms with Gasteiger partial charge in [-0.25, -0.2) is 0 Å². The minimum Gasteiger partial charge on any atom is -0.310 e. The van der Waals surface area contributed by atoms with Crippen LogP contribution in [0.3, 0.4) is 0 Å². The molecule has 0 amide bonds. The molecule has 2 heteroatoms. The number of hydrogen-bond donors (Lipinski definition) is 0. The second-order valence-electron chi connectivity index (χ2n) is 40.9. The summed E-state index contributed by atoms with van der Waals surface area (Å²) >= 11 is 0. The standard InChI is InChI=1S/2C63H65N/c1-63(2)61-27-13-12-26-59(61)60-37-36-58(43-62(60)63)64(56-34-32-49(33-35-56)48-30-28-47(29-31-48)44-16-6-3-7-17-44)57-25-15-24-52(42-57)50-22-14-23-51(38-50)55-40-53(45-18-8-4-9-19-45)39-54(41-55)46-20-10-5-11-21-46;1-63(2)61-24-13-12-23-59(61)60-38-37-58(43-62(60)63)64(56-33-29-49(30-34-56)48-27-25-47(26-28-48)44-15-6-3-7-16-44)57-35-31-50(32-36-57)51-21-14-22-52(39-51)55-41-53(45-17-8-4-9-18-45)40-54(42-55)46-19-10-5-11-20-46/h12-15,22-46H,3-11,16-21H2,1-2H3;12-14,21-46H,3-11,15-20H2,1-2H3. The molecule has 0 aliphatic heterocycles. The van der Waals surface area contributed by atoms with Crippen LogP contribution < -0.4 is 9.80 Å². The number of anilines is 6. The van der Waals surface area contributed by atoms with E-state index in [1.807, 2.05) is 0 Å². The molecule has 8 aliphatic carbocycles. The van der Waals surface area contributed by atoms with Crippen LogP contribution in [-0.2, 0) is 10.8 Å². The highest BCUT2D eigenvalue weighted by Crippen LogP contribution is 2.55. The molecule has 8 aliphatic rings. The molecule has 0 unspecified atom stereocenters. The average Bonchev–Trinajstić information content (AvgIpc) is 1.57. The van der Waals surface area contributed by atoms with Crippen molar-refractivity contribution in [3.63, 3.8) is 0 Å². The topological polar surface area (TPSA) is 6.48 Å². The fourth-order valence-corrected chi connectivity index (χ4v) is 24.7. The molecule has 644 valence electrons. The predicted molar refractivity (Wildman–Crippen MR) is 545 cm³/mol. The molecular formula is C126H130N2. The Labute approximate surface area is 765 Å². The van der Waals surface area contributed by atoms with E-state index in [-0.39, 0.29) is 10.8 Å². The second kappa shape index (κ2) is 37.0. The van der Waals surface area contributed by atoms with Gasteiger partial charge < -0.3 is 9.80 Å². The molecule has 6 saturated carbocycles. The van der Waals surface area contributed by atoms with E-state index in [4.69, 9.17) is 0 Å². The number of fused-ring (bicyclic) bond motifs is 6. The van der Waals surface area contributed by atoms with Gasteiger partial charge in [-0.05, 0) is 342 Å². The van der Waals surface area contributed by atoms with E-state index in [0.717, 1.165) is 28.9 Å². The van der Waals surface area contributed by atoms with Gasteiger partial charge in [-0.3, -0.25) is 0 Å². The van der Waals surface area contributed by atoms with Crippen molar-refractivity contribution in [2.45, 2.75) is 267 Å². The summed E-state index contributed by atoms with van der Waals surface area (Å²) in [5.74, 6) is 4.24. The Balaban J connectivity index is 0.000000156. The first-order valence-electron chi connectivity index (χ1n) is 50.1. The van der Waals surface area contributed by atoms with E-state index in [1.165, 1.54) is 332 Å². The summed E-state index contributed by atoms with van der Waals surface area (Å²) < 4.78 is 0.